The van der Waals surface area contributed by atoms with E-state index in [1.165, 1.54) is 38.8 Å². The van der Waals surface area contributed by atoms with E-state index in [1.807, 2.05) is 6.07 Å². The summed E-state index contributed by atoms with van der Waals surface area (Å²) in [5, 5.41) is 9.88. The Kier molecular flexibility index (Phi) is 5.07. The minimum Gasteiger partial charge on any atom is -0.375 e. The fraction of sp³-hybridized carbons (Fsp3) is 0.125. The standard InChI is InChI=1S/C32H28N2/c1-21-12-18-30(33-26-10-4-3-5-11-26)28-17-14-24-15-19-29(22(2)32(24)31(21)28)34-27-16-13-23-8-6-7-9-25(23)20-27/h3-11,13-17,19-20,29,31,33-34H,1-2,12,18H2. The highest BCUT2D eigenvalue weighted by Crippen LogP contribution is 2.47. The molecule has 0 bridgehead atoms. The normalized spacial score (nSPS) is 21.5. The molecule has 3 aliphatic rings. The number of rotatable bonds is 4. The van der Waals surface area contributed by atoms with Crippen molar-refractivity contribution in [3.63, 3.8) is 0 Å². The van der Waals surface area contributed by atoms with E-state index in [1.54, 1.807) is 0 Å². The van der Waals surface area contributed by atoms with Crippen LogP contribution in [-0.4, -0.2) is 6.04 Å². The van der Waals surface area contributed by atoms with Crippen LogP contribution in [0.25, 0.3) is 10.8 Å². The molecule has 166 valence electrons. The molecule has 0 saturated carbocycles. The molecule has 2 N–H and O–H groups in total. The third kappa shape index (κ3) is 3.62. The molecule has 6 rings (SSSR count). The first-order valence-corrected chi connectivity index (χ1v) is 11.9. The molecule has 3 aromatic rings. The Hall–Kier alpha value is -4.04. The Morgan fingerprint density at radius 1 is 0.735 bits per heavy atom. The van der Waals surface area contributed by atoms with Gasteiger partial charge in [-0.3, -0.25) is 0 Å². The lowest BCUT2D eigenvalue weighted by Gasteiger charge is -2.38. The summed E-state index contributed by atoms with van der Waals surface area (Å²) in [4.78, 5) is 0. The van der Waals surface area contributed by atoms with Gasteiger partial charge in [0, 0.05) is 23.0 Å². The second kappa shape index (κ2) is 8.39. The number of para-hydroxylation sites is 1. The fourth-order valence-corrected chi connectivity index (χ4v) is 5.38. The molecule has 34 heavy (non-hydrogen) atoms. The van der Waals surface area contributed by atoms with Crippen molar-refractivity contribution < 1.29 is 0 Å². The number of fused-ring (bicyclic) bond motifs is 3. The third-order valence-electron chi connectivity index (χ3n) is 7.14. The van der Waals surface area contributed by atoms with Crippen LogP contribution in [0.5, 0.6) is 0 Å². The van der Waals surface area contributed by atoms with Gasteiger partial charge in [0.1, 0.15) is 0 Å². The monoisotopic (exact) mass is 440 g/mol. The number of hydrogen-bond acceptors (Lipinski definition) is 2. The lowest BCUT2D eigenvalue weighted by molar-refractivity contribution is 0.703. The average molecular weight is 441 g/mol. The van der Waals surface area contributed by atoms with Crippen molar-refractivity contribution in [2.75, 3.05) is 10.6 Å². The molecule has 2 heteroatoms. The van der Waals surface area contributed by atoms with Crippen molar-refractivity contribution in [1.29, 1.82) is 0 Å². The quantitative estimate of drug-likeness (QED) is 0.402. The van der Waals surface area contributed by atoms with E-state index < -0.39 is 0 Å². The molecule has 0 radical (unpaired) electrons. The Balaban J connectivity index is 1.31. The van der Waals surface area contributed by atoms with E-state index in [4.69, 9.17) is 0 Å². The SMILES string of the molecule is C=C1C2=C(C=CC3=C(Nc4ccccc4)CCC(=C)C32)C=CC1Nc1ccc2ccccc2c1. The van der Waals surface area contributed by atoms with Gasteiger partial charge in [-0.25, -0.2) is 0 Å². The Labute approximate surface area is 201 Å². The first kappa shape index (κ1) is 20.6. The predicted molar refractivity (Wildman–Crippen MR) is 145 cm³/mol. The Bertz CT molecular complexity index is 1430. The number of benzene rings is 3. The van der Waals surface area contributed by atoms with E-state index >= 15 is 0 Å². The molecule has 2 nitrogen and oxygen atoms in total. The van der Waals surface area contributed by atoms with Crippen LogP contribution >= 0.6 is 0 Å². The molecule has 3 aliphatic carbocycles. The molecule has 2 atom stereocenters. The summed E-state index contributed by atoms with van der Waals surface area (Å²) in [6.45, 7) is 9.08. The van der Waals surface area contributed by atoms with Crippen LogP contribution < -0.4 is 10.6 Å². The number of anilines is 2. The Morgan fingerprint density at radius 2 is 1.53 bits per heavy atom. The van der Waals surface area contributed by atoms with Crippen molar-refractivity contribution >= 4 is 22.1 Å². The first-order chi connectivity index (χ1) is 16.7. The summed E-state index contributed by atoms with van der Waals surface area (Å²) in [6, 6.07) is 25.5. The highest BCUT2D eigenvalue weighted by Gasteiger charge is 2.35. The first-order valence-electron chi connectivity index (χ1n) is 11.9. The van der Waals surface area contributed by atoms with Gasteiger partial charge in [0.15, 0.2) is 0 Å². The van der Waals surface area contributed by atoms with Gasteiger partial charge in [-0.15, -0.1) is 0 Å². The van der Waals surface area contributed by atoms with Gasteiger partial charge in [0.2, 0.25) is 0 Å². The minimum atomic E-state index is 0.0490. The van der Waals surface area contributed by atoms with Crippen LogP contribution in [0.4, 0.5) is 11.4 Å². The smallest absolute Gasteiger partial charge is 0.0698 e. The molecule has 3 aromatic carbocycles. The topological polar surface area (TPSA) is 24.1 Å². The molecule has 0 saturated heterocycles. The molecule has 0 fully saturated rings. The zero-order valence-corrected chi connectivity index (χ0v) is 19.2. The summed E-state index contributed by atoms with van der Waals surface area (Å²) in [7, 11) is 0. The highest BCUT2D eigenvalue weighted by molar-refractivity contribution is 5.86. The summed E-state index contributed by atoms with van der Waals surface area (Å²) in [6.07, 6.45) is 10.9. The van der Waals surface area contributed by atoms with Crippen LogP contribution in [0.1, 0.15) is 12.8 Å². The van der Waals surface area contributed by atoms with Crippen molar-refractivity contribution in [1.82, 2.24) is 0 Å². The molecular weight excluding hydrogens is 412 g/mol. The van der Waals surface area contributed by atoms with E-state index in [0.29, 0.717) is 0 Å². The van der Waals surface area contributed by atoms with Gasteiger partial charge < -0.3 is 10.6 Å². The second-order valence-electron chi connectivity index (χ2n) is 9.29. The van der Waals surface area contributed by atoms with E-state index in [0.717, 1.165) is 29.8 Å². The maximum atomic E-state index is 4.58. The zero-order valence-electron chi connectivity index (χ0n) is 19.2. The van der Waals surface area contributed by atoms with Crippen molar-refractivity contribution in [3.05, 3.63) is 144 Å². The Morgan fingerprint density at radius 3 is 2.38 bits per heavy atom. The van der Waals surface area contributed by atoms with Gasteiger partial charge in [-0.2, -0.15) is 0 Å². The predicted octanol–water partition coefficient (Wildman–Crippen LogP) is 7.95. The van der Waals surface area contributed by atoms with E-state index in [2.05, 4.69) is 115 Å². The lowest BCUT2D eigenvalue weighted by Crippen LogP contribution is -2.30. The molecular formula is C32H28N2. The molecule has 0 spiro atoms. The van der Waals surface area contributed by atoms with E-state index in [-0.39, 0.29) is 12.0 Å². The van der Waals surface area contributed by atoms with Gasteiger partial charge in [-0.1, -0.05) is 91.6 Å². The molecule has 0 aliphatic heterocycles. The molecule has 0 aromatic heterocycles. The number of nitrogens with one attached hydrogen (secondary N) is 2. The second-order valence-corrected chi connectivity index (χ2v) is 9.29. The largest absolute Gasteiger partial charge is 0.375 e. The maximum absolute atomic E-state index is 4.58. The van der Waals surface area contributed by atoms with Crippen LogP contribution in [0, 0.1) is 5.92 Å². The summed E-state index contributed by atoms with van der Waals surface area (Å²) >= 11 is 0. The average Bonchev–Trinajstić information content (AvgIpc) is 2.87. The molecule has 0 heterocycles. The van der Waals surface area contributed by atoms with Crippen LogP contribution in [0.15, 0.2) is 144 Å². The number of hydrogen-bond donors (Lipinski definition) is 2. The van der Waals surface area contributed by atoms with Crippen molar-refractivity contribution in [3.8, 4) is 0 Å². The van der Waals surface area contributed by atoms with Gasteiger partial charge in [0.25, 0.3) is 0 Å². The molecule has 2 unspecified atom stereocenters. The summed E-state index contributed by atoms with van der Waals surface area (Å²) in [5.74, 6) is 0.179. The number of allylic oxidation sites excluding steroid dienone is 7. The van der Waals surface area contributed by atoms with Gasteiger partial charge in [0.05, 0.1) is 6.04 Å². The van der Waals surface area contributed by atoms with Gasteiger partial charge >= 0.3 is 0 Å². The summed E-state index contributed by atoms with van der Waals surface area (Å²) < 4.78 is 0. The summed E-state index contributed by atoms with van der Waals surface area (Å²) in [5.41, 5.74) is 9.78. The van der Waals surface area contributed by atoms with E-state index in [9.17, 15) is 0 Å². The van der Waals surface area contributed by atoms with Gasteiger partial charge in [-0.05, 0) is 70.2 Å². The molecule has 0 amide bonds. The third-order valence-corrected chi connectivity index (χ3v) is 7.14. The zero-order chi connectivity index (χ0) is 23.1. The van der Waals surface area contributed by atoms with Crippen molar-refractivity contribution in [2.45, 2.75) is 18.9 Å². The maximum Gasteiger partial charge on any atom is 0.0698 e. The van der Waals surface area contributed by atoms with Crippen LogP contribution in [0.3, 0.4) is 0 Å². The van der Waals surface area contributed by atoms with Crippen LogP contribution in [-0.2, 0) is 0 Å². The minimum absolute atomic E-state index is 0.0490. The highest BCUT2D eigenvalue weighted by atomic mass is 14.9. The van der Waals surface area contributed by atoms with Crippen LogP contribution in [0.2, 0.25) is 0 Å². The fourth-order valence-electron chi connectivity index (χ4n) is 5.38. The van der Waals surface area contributed by atoms with Crippen molar-refractivity contribution in [2.24, 2.45) is 5.92 Å². The lowest BCUT2D eigenvalue weighted by atomic mass is 9.69.